The highest BCUT2D eigenvalue weighted by Crippen LogP contribution is 2.13. The number of benzene rings is 2. The van der Waals surface area contributed by atoms with Gasteiger partial charge in [-0.25, -0.2) is 0 Å². The van der Waals surface area contributed by atoms with Gasteiger partial charge in [-0.2, -0.15) is 0 Å². The Morgan fingerprint density at radius 3 is 2.75 bits per heavy atom. The van der Waals surface area contributed by atoms with Crippen molar-refractivity contribution < 1.29 is 13.9 Å². The molecule has 0 spiro atoms. The average molecular weight is 323 g/mol. The topological polar surface area (TPSA) is 77.2 Å². The Labute approximate surface area is 139 Å². The molecule has 1 heterocycles. The molecule has 0 aliphatic heterocycles. The molecule has 6 nitrogen and oxygen atoms in total. The van der Waals surface area contributed by atoms with Crippen LogP contribution in [-0.4, -0.2) is 22.7 Å². The van der Waals surface area contributed by atoms with E-state index in [1.165, 1.54) is 0 Å². The molecule has 6 heteroatoms. The highest BCUT2D eigenvalue weighted by atomic mass is 16.5. The molecule has 0 unspecified atom stereocenters. The fourth-order valence-corrected chi connectivity index (χ4v) is 2.16. The molecule has 1 N–H and O–H groups in total. The van der Waals surface area contributed by atoms with Gasteiger partial charge in [0.05, 0.1) is 6.42 Å². The maximum Gasteiger partial charge on any atom is 0.322 e. The van der Waals surface area contributed by atoms with E-state index in [2.05, 4.69) is 15.5 Å². The zero-order chi connectivity index (χ0) is 16.8. The van der Waals surface area contributed by atoms with E-state index in [4.69, 9.17) is 9.15 Å². The summed E-state index contributed by atoms with van der Waals surface area (Å²) in [6, 6.07) is 17.3. The minimum Gasteiger partial charge on any atom is -0.484 e. The molecule has 2 aromatic carbocycles. The van der Waals surface area contributed by atoms with E-state index in [-0.39, 0.29) is 18.5 Å². The van der Waals surface area contributed by atoms with Gasteiger partial charge in [-0.05, 0) is 30.2 Å². The summed E-state index contributed by atoms with van der Waals surface area (Å²) in [7, 11) is 0. The second-order valence-corrected chi connectivity index (χ2v) is 5.32. The van der Waals surface area contributed by atoms with Gasteiger partial charge in [0, 0.05) is 0 Å². The lowest BCUT2D eigenvalue weighted by Gasteiger charge is -2.05. The lowest BCUT2D eigenvalue weighted by atomic mass is 10.2. The van der Waals surface area contributed by atoms with Crippen LogP contribution in [0.1, 0.15) is 17.0 Å². The maximum absolute atomic E-state index is 11.9. The standard InChI is InChI=1S/C18H17N3O3/c1-13-6-5-9-15(10-13)23-12-16(22)19-18-21-20-17(24-18)11-14-7-3-2-4-8-14/h2-10H,11-12H2,1H3,(H,19,21,22). The average Bonchev–Trinajstić information content (AvgIpc) is 3.01. The predicted molar refractivity (Wildman–Crippen MR) is 88.8 cm³/mol. The molecule has 0 saturated heterocycles. The maximum atomic E-state index is 11.9. The van der Waals surface area contributed by atoms with Crippen molar-refractivity contribution in [1.82, 2.24) is 10.2 Å². The monoisotopic (exact) mass is 323 g/mol. The molecule has 0 fully saturated rings. The van der Waals surface area contributed by atoms with E-state index in [9.17, 15) is 4.79 Å². The molecule has 3 rings (SSSR count). The van der Waals surface area contributed by atoms with E-state index in [0.29, 0.717) is 18.1 Å². The molecule has 24 heavy (non-hydrogen) atoms. The first-order valence-electron chi connectivity index (χ1n) is 7.55. The van der Waals surface area contributed by atoms with Crippen LogP contribution >= 0.6 is 0 Å². The summed E-state index contributed by atoms with van der Waals surface area (Å²) < 4.78 is 10.8. The normalized spacial score (nSPS) is 10.4. The minimum absolute atomic E-state index is 0.0683. The Balaban J connectivity index is 1.51. The van der Waals surface area contributed by atoms with E-state index >= 15 is 0 Å². The van der Waals surface area contributed by atoms with Gasteiger partial charge in [-0.15, -0.1) is 5.10 Å². The van der Waals surface area contributed by atoms with Gasteiger partial charge < -0.3 is 9.15 Å². The summed E-state index contributed by atoms with van der Waals surface area (Å²) in [4.78, 5) is 11.9. The number of amides is 1. The Kier molecular flexibility index (Phi) is 4.86. The van der Waals surface area contributed by atoms with E-state index in [1.807, 2.05) is 55.5 Å². The van der Waals surface area contributed by atoms with Gasteiger partial charge in [0.25, 0.3) is 5.91 Å². The van der Waals surface area contributed by atoms with Crippen LogP contribution in [0.5, 0.6) is 5.75 Å². The molecule has 3 aromatic rings. The van der Waals surface area contributed by atoms with Crippen LogP contribution in [0.3, 0.4) is 0 Å². The number of aromatic nitrogens is 2. The Bertz CT molecular complexity index is 815. The van der Waals surface area contributed by atoms with Crippen molar-refractivity contribution in [2.45, 2.75) is 13.3 Å². The number of hydrogen-bond donors (Lipinski definition) is 1. The molecule has 0 bridgehead atoms. The highest BCUT2D eigenvalue weighted by molar-refractivity contribution is 5.89. The molecule has 0 saturated carbocycles. The molecule has 0 aliphatic carbocycles. The van der Waals surface area contributed by atoms with Crippen LogP contribution < -0.4 is 10.1 Å². The summed E-state index contributed by atoms with van der Waals surface area (Å²) in [6.45, 7) is 1.83. The van der Waals surface area contributed by atoms with Gasteiger partial charge in [0.1, 0.15) is 5.75 Å². The van der Waals surface area contributed by atoms with Gasteiger partial charge in [0.2, 0.25) is 5.89 Å². The predicted octanol–water partition coefficient (Wildman–Crippen LogP) is 2.99. The quantitative estimate of drug-likeness (QED) is 0.754. The molecule has 0 atom stereocenters. The number of nitrogens with zero attached hydrogens (tertiary/aromatic N) is 2. The lowest BCUT2D eigenvalue weighted by molar-refractivity contribution is -0.118. The lowest BCUT2D eigenvalue weighted by Crippen LogP contribution is -2.20. The fraction of sp³-hybridized carbons (Fsp3) is 0.167. The zero-order valence-electron chi connectivity index (χ0n) is 13.2. The number of nitrogens with one attached hydrogen (secondary N) is 1. The van der Waals surface area contributed by atoms with Crippen molar-refractivity contribution in [3.63, 3.8) is 0 Å². The molecule has 0 radical (unpaired) electrons. The molecule has 1 aromatic heterocycles. The van der Waals surface area contributed by atoms with Crippen LogP contribution in [-0.2, 0) is 11.2 Å². The van der Waals surface area contributed by atoms with Crippen molar-refractivity contribution in [3.8, 4) is 5.75 Å². The number of ether oxygens (including phenoxy) is 1. The van der Waals surface area contributed by atoms with Crippen LogP contribution in [0.25, 0.3) is 0 Å². The number of aryl methyl sites for hydroxylation is 1. The molecule has 1 amide bonds. The molecule has 122 valence electrons. The third kappa shape index (κ3) is 4.42. The van der Waals surface area contributed by atoms with Gasteiger partial charge in [-0.1, -0.05) is 47.6 Å². The second-order valence-electron chi connectivity index (χ2n) is 5.32. The van der Waals surface area contributed by atoms with Crippen LogP contribution in [0, 0.1) is 6.92 Å². The number of anilines is 1. The first kappa shape index (κ1) is 15.7. The van der Waals surface area contributed by atoms with E-state index < -0.39 is 0 Å². The first-order valence-corrected chi connectivity index (χ1v) is 7.55. The van der Waals surface area contributed by atoms with E-state index in [1.54, 1.807) is 6.07 Å². The van der Waals surface area contributed by atoms with Crippen LogP contribution in [0.15, 0.2) is 59.0 Å². The van der Waals surface area contributed by atoms with Crippen LogP contribution in [0.4, 0.5) is 6.01 Å². The number of carbonyl (C=O) groups excluding carboxylic acids is 1. The molecule has 0 aliphatic rings. The van der Waals surface area contributed by atoms with Crippen molar-refractivity contribution in [1.29, 1.82) is 0 Å². The fourth-order valence-electron chi connectivity index (χ4n) is 2.16. The Morgan fingerprint density at radius 2 is 1.96 bits per heavy atom. The van der Waals surface area contributed by atoms with Crippen molar-refractivity contribution in [2.24, 2.45) is 0 Å². The number of hydrogen-bond acceptors (Lipinski definition) is 5. The Hall–Kier alpha value is -3.15. The van der Waals surface area contributed by atoms with Gasteiger partial charge >= 0.3 is 6.01 Å². The Morgan fingerprint density at radius 1 is 1.12 bits per heavy atom. The van der Waals surface area contributed by atoms with Crippen molar-refractivity contribution in [3.05, 3.63) is 71.6 Å². The zero-order valence-corrected chi connectivity index (χ0v) is 13.2. The molecular formula is C18H17N3O3. The molecular weight excluding hydrogens is 306 g/mol. The summed E-state index contributed by atoms with van der Waals surface area (Å²) in [5, 5.41) is 10.3. The summed E-state index contributed by atoms with van der Waals surface area (Å²) >= 11 is 0. The SMILES string of the molecule is Cc1cccc(OCC(=O)Nc2nnc(Cc3ccccc3)o2)c1. The highest BCUT2D eigenvalue weighted by Gasteiger charge is 2.11. The summed E-state index contributed by atoms with van der Waals surface area (Å²) in [5.74, 6) is 0.725. The van der Waals surface area contributed by atoms with Gasteiger partial charge in [0.15, 0.2) is 6.61 Å². The number of carbonyl (C=O) groups is 1. The van der Waals surface area contributed by atoms with E-state index in [0.717, 1.165) is 11.1 Å². The second kappa shape index (κ2) is 7.41. The largest absolute Gasteiger partial charge is 0.484 e. The van der Waals surface area contributed by atoms with Gasteiger partial charge in [-0.3, -0.25) is 10.1 Å². The van der Waals surface area contributed by atoms with Crippen molar-refractivity contribution >= 4 is 11.9 Å². The van der Waals surface area contributed by atoms with Crippen molar-refractivity contribution in [2.75, 3.05) is 11.9 Å². The smallest absolute Gasteiger partial charge is 0.322 e. The summed E-state index contributed by atoms with van der Waals surface area (Å²) in [6.07, 6.45) is 0.517. The van der Waals surface area contributed by atoms with Crippen LogP contribution in [0.2, 0.25) is 0 Å². The third-order valence-electron chi connectivity index (χ3n) is 3.27. The first-order chi connectivity index (χ1) is 11.7. The summed E-state index contributed by atoms with van der Waals surface area (Å²) in [5.41, 5.74) is 2.12. The minimum atomic E-state index is -0.355. The third-order valence-corrected chi connectivity index (χ3v) is 3.27. The number of rotatable bonds is 6.